The summed E-state index contributed by atoms with van der Waals surface area (Å²) < 4.78 is 5.61. The number of nitrogens with two attached hydrogens (primary N) is 1. The SMILES string of the molecule is CCc1nc(N)c(C)c(Oc2ccc([N+](=O)[O-])cc2Cl)n1. The Bertz CT molecular complexity index is 706. The Hall–Kier alpha value is -2.41. The standard InChI is InChI=1S/C13H13ClN4O3/c1-3-11-16-12(15)7(2)13(17-11)21-10-5-4-8(18(19)20)6-9(10)14/h4-6H,3H2,1-2H3,(H2,15,16,17). The van der Waals surface area contributed by atoms with Gasteiger partial charge in [-0.2, -0.15) is 4.98 Å². The van der Waals surface area contributed by atoms with Crippen LogP contribution in [0.2, 0.25) is 5.02 Å². The minimum Gasteiger partial charge on any atom is -0.437 e. The molecule has 0 radical (unpaired) electrons. The van der Waals surface area contributed by atoms with E-state index in [4.69, 9.17) is 22.1 Å². The van der Waals surface area contributed by atoms with Gasteiger partial charge >= 0.3 is 0 Å². The van der Waals surface area contributed by atoms with Crippen LogP contribution in [0.25, 0.3) is 0 Å². The second-order valence-electron chi connectivity index (χ2n) is 4.28. The number of ether oxygens (including phenoxy) is 1. The summed E-state index contributed by atoms with van der Waals surface area (Å²) in [6.07, 6.45) is 0.606. The van der Waals surface area contributed by atoms with Gasteiger partial charge in [0.15, 0.2) is 0 Å². The fourth-order valence-electron chi connectivity index (χ4n) is 1.61. The van der Waals surface area contributed by atoms with E-state index in [9.17, 15) is 10.1 Å². The lowest BCUT2D eigenvalue weighted by atomic mass is 10.3. The molecule has 0 saturated heterocycles. The molecular weight excluding hydrogens is 296 g/mol. The number of halogens is 1. The van der Waals surface area contributed by atoms with Gasteiger partial charge < -0.3 is 10.5 Å². The normalized spacial score (nSPS) is 10.4. The molecule has 0 aliphatic heterocycles. The molecular formula is C13H13ClN4O3. The van der Waals surface area contributed by atoms with Crippen molar-refractivity contribution in [2.45, 2.75) is 20.3 Å². The summed E-state index contributed by atoms with van der Waals surface area (Å²) in [5.74, 6) is 1.43. The molecule has 0 bridgehead atoms. The van der Waals surface area contributed by atoms with Gasteiger partial charge in [0.2, 0.25) is 5.88 Å². The van der Waals surface area contributed by atoms with Gasteiger partial charge in [-0.25, -0.2) is 4.98 Å². The molecule has 2 rings (SSSR count). The molecule has 0 aliphatic rings. The van der Waals surface area contributed by atoms with E-state index in [-0.39, 0.29) is 22.3 Å². The summed E-state index contributed by atoms with van der Waals surface area (Å²) in [6, 6.07) is 3.95. The first-order chi connectivity index (χ1) is 9.92. The number of hydrogen-bond donors (Lipinski definition) is 1. The van der Waals surface area contributed by atoms with Crippen molar-refractivity contribution >= 4 is 23.1 Å². The molecule has 0 fully saturated rings. The highest BCUT2D eigenvalue weighted by atomic mass is 35.5. The Balaban J connectivity index is 2.38. The molecule has 21 heavy (non-hydrogen) atoms. The van der Waals surface area contributed by atoms with Crippen molar-refractivity contribution < 1.29 is 9.66 Å². The van der Waals surface area contributed by atoms with Crippen LogP contribution in [-0.4, -0.2) is 14.9 Å². The largest absolute Gasteiger partial charge is 0.437 e. The monoisotopic (exact) mass is 308 g/mol. The van der Waals surface area contributed by atoms with Crippen molar-refractivity contribution in [2.75, 3.05) is 5.73 Å². The Morgan fingerprint density at radius 2 is 2.14 bits per heavy atom. The molecule has 2 aromatic rings. The van der Waals surface area contributed by atoms with Crippen LogP contribution in [0.4, 0.5) is 11.5 Å². The van der Waals surface area contributed by atoms with Gasteiger partial charge in [0.1, 0.15) is 17.4 Å². The second kappa shape index (κ2) is 5.92. The first kappa shape index (κ1) is 15.0. The number of rotatable bonds is 4. The summed E-state index contributed by atoms with van der Waals surface area (Å²) in [5, 5.41) is 10.8. The van der Waals surface area contributed by atoms with Crippen molar-refractivity contribution in [3.05, 3.63) is 44.7 Å². The van der Waals surface area contributed by atoms with Crippen LogP contribution in [0.3, 0.4) is 0 Å². The number of nitro benzene ring substituents is 1. The fourth-order valence-corrected chi connectivity index (χ4v) is 1.82. The number of nitro groups is 1. The molecule has 110 valence electrons. The van der Waals surface area contributed by atoms with E-state index >= 15 is 0 Å². The van der Waals surface area contributed by atoms with E-state index in [1.54, 1.807) is 6.92 Å². The predicted octanol–water partition coefficient (Wildman–Crippen LogP) is 3.28. The Kier molecular flexibility index (Phi) is 4.23. The Morgan fingerprint density at radius 3 is 2.71 bits per heavy atom. The topological polar surface area (TPSA) is 104 Å². The molecule has 0 saturated carbocycles. The first-order valence-corrected chi connectivity index (χ1v) is 6.55. The van der Waals surface area contributed by atoms with Crippen LogP contribution in [-0.2, 0) is 6.42 Å². The lowest BCUT2D eigenvalue weighted by molar-refractivity contribution is -0.384. The van der Waals surface area contributed by atoms with Crippen LogP contribution < -0.4 is 10.5 Å². The zero-order chi connectivity index (χ0) is 15.6. The van der Waals surface area contributed by atoms with Crippen LogP contribution in [0, 0.1) is 17.0 Å². The number of nitrogens with zero attached hydrogens (tertiary/aromatic N) is 3. The van der Waals surface area contributed by atoms with Crippen molar-refractivity contribution in [1.29, 1.82) is 0 Å². The smallest absolute Gasteiger partial charge is 0.271 e. The van der Waals surface area contributed by atoms with Gasteiger partial charge in [0, 0.05) is 18.6 Å². The number of non-ortho nitro benzene ring substituents is 1. The summed E-state index contributed by atoms with van der Waals surface area (Å²) in [5.41, 5.74) is 6.27. The number of anilines is 1. The summed E-state index contributed by atoms with van der Waals surface area (Å²) in [7, 11) is 0. The summed E-state index contributed by atoms with van der Waals surface area (Å²) in [4.78, 5) is 18.5. The molecule has 7 nitrogen and oxygen atoms in total. The van der Waals surface area contributed by atoms with Gasteiger partial charge in [-0.05, 0) is 13.0 Å². The molecule has 1 aromatic heterocycles. The maximum atomic E-state index is 10.7. The maximum absolute atomic E-state index is 10.7. The minimum atomic E-state index is -0.529. The van der Waals surface area contributed by atoms with Crippen LogP contribution in [0.15, 0.2) is 18.2 Å². The number of hydrogen-bond acceptors (Lipinski definition) is 6. The highest BCUT2D eigenvalue weighted by molar-refractivity contribution is 6.32. The molecule has 0 aliphatic carbocycles. The summed E-state index contributed by atoms with van der Waals surface area (Å²) >= 11 is 5.99. The zero-order valence-corrected chi connectivity index (χ0v) is 12.2. The van der Waals surface area contributed by atoms with E-state index in [1.807, 2.05) is 6.92 Å². The molecule has 0 unspecified atom stereocenters. The molecule has 0 spiro atoms. The van der Waals surface area contributed by atoms with E-state index in [2.05, 4.69) is 9.97 Å². The van der Waals surface area contributed by atoms with Crippen molar-refractivity contribution in [1.82, 2.24) is 9.97 Å². The van der Waals surface area contributed by atoms with Crippen molar-refractivity contribution in [2.24, 2.45) is 0 Å². The van der Waals surface area contributed by atoms with Gasteiger partial charge in [0.05, 0.1) is 15.5 Å². The third-order valence-corrected chi connectivity index (χ3v) is 3.13. The first-order valence-electron chi connectivity index (χ1n) is 6.17. The average Bonchev–Trinajstić information content (AvgIpc) is 2.45. The lowest BCUT2D eigenvalue weighted by Gasteiger charge is -2.11. The number of aryl methyl sites for hydroxylation is 1. The maximum Gasteiger partial charge on any atom is 0.271 e. The highest BCUT2D eigenvalue weighted by Gasteiger charge is 2.14. The number of benzene rings is 1. The van der Waals surface area contributed by atoms with E-state index in [0.29, 0.717) is 23.6 Å². The van der Waals surface area contributed by atoms with Crippen LogP contribution in [0.5, 0.6) is 11.6 Å². The van der Waals surface area contributed by atoms with Gasteiger partial charge in [-0.1, -0.05) is 18.5 Å². The third kappa shape index (κ3) is 3.19. The number of nitrogen functional groups attached to an aromatic ring is 1. The predicted molar refractivity (Wildman–Crippen MR) is 78.7 cm³/mol. The number of aromatic nitrogens is 2. The average molecular weight is 309 g/mol. The van der Waals surface area contributed by atoms with E-state index in [1.165, 1.54) is 18.2 Å². The lowest BCUT2D eigenvalue weighted by Crippen LogP contribution is -2.04. The molecule has 0 atom stereocenters. The summed E-state index contributed by atoms with van der Waals surface area (Å²) in [6.45, 7) is 3.62. The highest BCUT2D eigenvalue weighted by Crippen LogP contribution is 2.33. The quantitative estimate of drug-likeness (QED) is 0.686. The zero-order valence-electron chi connectivity index (χ0n) is 11.5. The molecule has 1 aromatic carbocycles. The third-order valence-electron chi connectivity index (χ3n) is 2.83. The van der Waals surface area contributed by atoms with E-state index < -0.39 is 4.92 Å². The fraction of sp³-hybridized carbons (Fsp3) is 0.231. The molecule has 0 amide bonds. The van der Waals surface area contributed by atoms with Gasteiger partial charge in [-0.3, -0.25) is 10.1 Å². The van der Waals surface area contributed by atoms with Crippen molar-refractivity contribution in [3.8, 4) is 11.6 Å². The van der Waals surface area contributed by atoms with Crippen molar-refractivity contribution in [3.63, 3.8) is 0 Å². The van der Waals surface area contributed by atoms with Gasteiger partial charge in [-0.15, -0.1) is 0 Å². The minimum absolute atomic E-state index is 0.111. The Morgan fingerprint density at radius 1 is 1.43 bits per heavy atom. The molecule has 8 heteroatoms. The second-order valence-corrected chi connectivity index (χ2v) is 4.69. The van der Waals surface area contributed by atoms with Gasteiger partial charge in [0.25, 0.3) is 5.69 Å². The Labute approximate surface area is 125 Å². The molecule has 1 heterocycles. The molecule has 2 N–H and O–H groups in total. The van der Waals surface area contributed by atoms with E-state index in [0.717, 1.165) is 0 Å². The van der Waals surface area contributed by atoms with Crippen LogP contribution in [0.1, 0.15) is 18.3 Å². The van der Waals surface area contributed by atoms with Crippen LogP contribution >= 0.6 is 11.6 Å².